The molecule has 0 atom stereocenters. The molecule has 0 spiro atoms. The van der Waals surface area contributed by atoms with Crippen molar-refractivity contribution in [1.29, 1.82) is 0 Å². The van der Waals surface area contributed by atoms with E-state index in [0.717, 1.165) is 0 Å². The first kappa shape index (κ1) is 19.5. The zero-order valence-corrected chi connectivity index (χ0v) is 16.6. The number of rotatable bonds is 4. The zero-order valence-electron chi connectivity index (χ0n) is 15.8. The maximum absolute atomic E-state index is 12.8. The minimum atomic E-state index is -3.94. The molecule has 3 aromatic rings. The van der Waals surface area contributed by atoms with E-state index >= 15 is 0 Å². The second kappa shape index (κ2) is 7.23. The molecule has 4 rings (SSSR count). The molecule has 150 valence electrons. The zero-order chi connectivity index (χ0) is 21.5. The normalized spacial score (nSPS) is 12.7. The Hall–Kier alpha value is -3.78. The van der Waals surface area contributed by atoms with E-state index in [9.17, 15) is 22.8 Å². The number of hydrogen-bond donors (Lipinski definition) is 2. The fourth-order valence-corrected chi connectivity index (χ4v) is 4.35. The van der Waals surface area contributed by atoms with E-state index in [1.807, 2.05) is 0 Å². The molecule has 0 heterocycles. The number of benzene rings is 3. The van der Waals surface area contributed by atoms with Gasteiger partial charge in [-0.05, 0) is 42.5 Å². The van der Waals surface area contributed by atoms with Crippen LogP contribution in [0.5, 0.6) is 0 Å². The Morgan fingerprint density at radius 3 is 1.87 bits per heavy atom. The molecule has 0 saturated heterocycles. The molecule has 2 N–H and O–H groups in total. The predicted octanol–water partition coefficient (Wildman–Crippen LogP) is 3.22. The van der Waals surface area contributed by atoms with Crippen molar-refractivity contribution >= 4 is 38.9 Å². The summed E-state index contributed by atoms with van der Waals surface area (Å²) in [5, 5.41) is 2.56. The van der Waals surface area contributed by atoms with Crippen LogP contribution in [0.1, 0.15) is 38.8 Å². The van der Waals surface area contributed by atoms with Crippen molar-refractivity contribution in [3.8, 4) is 0 Å². The van der Waals surface area contributed by atoms with E-state index in [0.29, 0.717) is 16.8 Å². The summed E-state index contributed by atoms with van der Waals surface area (Å²) in [5.41, 5.74) is 1.66. The number of anilines is 2. The fourth-order valence-electron chi connectivity index (χ4n) is 3.30. The van der Waals surface area contributed by atoms with Gasteiger partial charge in [0.1, 0.15) is 0 Å². The second-order valence-corrected chi connectivity index (χ2v) is 8.46. The summed E-state index contributed by atoms with van der Waals surface area (Å²) in [7, 11) is -3.94. The van der Waals surface area contributed by atoms with Crippen LogP contribution in [0.15, 0.2) is 71.6 Å². The number of carbonyl (C=O) groups is 3. The van der Waals surface area contributed by atoms with Crippen LogP contribution in [0.4, 0.5) is 11.4 Å². The second-order valence-electron chi connectivity index (χ2n) is 6.78. The largest absolute Gasteiger partial charge is 0.326 e. The van der Waals surface area contributed by atoms with Gasteiger partial charge in [-0.25, -0.2) is 8.42 Å². The number of carbonyl (C=O) groups excluding carboxylic acids is 3. The summed E-state index contributed by atoms with van der Waals surface area (Å²) in [6, 6.07) is 16.5. The molecule has 3 aromatic carbocycles. The van der Waals surface area contributed by atoms with Gasteiger partial charge >= 0.3 is 0 Å². The van der Waals surface area contributed by atoms with Crippen LogP contribution in [-0.4, -0.2) is 25.9 Å². The van der Waals surface area contributed by atoms with Crippen LogP contribution in [0, 0.1) is 0 Å². The lowest BCUT2D eigenvalue weighted by atomic mass is 9.84. The maximum Gasteiger partial charge on any atom is 0.261 e. The lowest BCUT2D eigenvalue weighted by molar-refractivity contribution is -0.114. The van der Waals surface area contributed by atoms with Crippen LogP contribution in [0.25, 0.3) is 0 Å². The third-order valence-corrected chi connectivity index (χ3v) is 6.06. The predicted molar refractivity (Wildman–Crippen MR) is 111 cm³/mol. The molecule has 8 heteroatoms. The standard InChI is InChI=1S/C22H16N2O5S/c1-13(25)23-14-6-9-16(10-7-14)30(28,29)24-15-8-11-19-20(12-15)22(27)18-5-3-2-4-17(18)21(19)26/h2-12,24H,1H3,(H,23,25). The van der Waals surface area contributed by atoms with E-state index in [2.05, 4.69) is 10.0 Å². The van der Waals surface area contributed by atoms with Crippen molar-refractivity contribution in [1.82, 2.24) is 0 Å². The van der Waals surface area contributed by atoms with E-state index < -0.39 is 10.0 Å². The van der Waals surface area contributed by atoms with E-state index in [1.54, 1.807) is 24.3 Å². The van der Waals surface area contributed by atoms with Gasteiger partial charge in [-0.2, -0.15) is 0 Å². The molecule has 1 amide bonds. The van der Waals surface area contributed by atoms with Gasteiger partial charge in [0.05, 0.1) is 4.90 Å². The Bertz CT molecular complexity index is 1310. The van der Waals surface area contributed by atoms with Crippen molar-refractivity contribution < 1.29 is 22.8 Å². The highest BCUT2D eigenvalue weighted by molar-refractivity contribution is 7.92. The van der Waals surface area contributed by atoms with Crippen molar-refractivity contribution in [2.45, 2.75) is 11.8 Å². The lowest BCUT2D eigenvalue weighted by Crippen LogP contribution is -2.21. The monoisotopic (exact) mass is 420 g/mol. The number of fused-ring (bicyclic) bond motifs is 2. The van der Waals surface area contributed by atoms with E-state index in [1.165, 1.54) is 49.4 Å². The van der Waals surface area contributed by atoms with Gasteiger partial charge in [-0.1, -0.05) is 24.3 Å². The molecule has 0 radical (unpaired) electrons. The summed E-state index contributed by atoms with van der Waals surface area (Å²) in [5.74, 6) is -0.873. The Labute approximate surface area is 172 Å². The van der Waals surface area contributed by atoms with Crippen molar-refractivity contribution in [3.63, 3.8) is 0 Å². The molecular weight excluding hydrogens is 404 g/mol. The molecule has 30 heavy (non-hydrogen) atoms. The Balaban J connectivity index is 1.64. The van der Waals surface area contributed by atoms with Crippen molar-refractivity contribution in [2.75, 3.05) is 10.0 Å². The maximum atomic E-state index is 12.8. The molecule has 1 aliphatic carbocycles. The van der Waals surface area contributed by atoms with Crippen LogP contribution >= 0.6 is 0 Å². The van der Waals surface area contributed by atoms with Crippen LogP contribution in [0.2, 0.25) is 0 Å². The molecular formula is C22H16N2O5S. The van der Waals surface area contributed by atoms with Crippen molar-refractivity contribution in [2.24, 2.45) is 0 Å². The minimum Gasteiger partial charge on any atom is -0.326 e. The molecule has 0 saturated carbocycles. The third kappa shape index (κ3) is 3.48. The van der Waals surface area contributed by atoms with Gasteiger partial charge in [0.25, 0.3) is 10.0 Å². The Morgan fingerprint density at radius 2 is 1.27 bits per heavy atom. The van der Waals surface area contributed by atoms with E-state index in [4.69, 9.17) is 0 Å². The Morgan fingerprint density at radius 1 is 0.733 bits per heavy atom. The van der Waals surface area contributed by atoms with Gasteiger partial charge < -0.3 is 5.32 Å². The van der Waals surface area contributed by atoms with Crippen LogP contribution < -0.4 is 10.0 Å². The Kier molecular flexibility index (Phi) is 4.71. The van der Waals surface area contributed by atoms with E-state index in [-0.39, 0.29) is 39.2 Å². The number of hydrogen-bond acceptors (Lipinski definition) is 5. The van der Waals surface area contributed by atoms with Gasteiger partial charge in [0.15, 0.2) is 11.6 Å². The molecule has 0 bridgehead atoms. The minimum absolute atomic E-state index is 0.0120. The fraction of sp³-hybridized carbons (Fsp3) is 0.0455. The summed E-state index contributed by atoms with van der Waals surface area (Å²) in [4.78, 5) is 36.5. The number of nitrogens with one attached hydrogen (secondary N) is 2. The first-order chi connectivity index (χ1) is 14.3. The highest BCUT2D eigenvalue weighted by Gasteiger charge is 2.29. The first-order valence-electron chi connectivity index (χ1n) is 8.99. The quantitative estimate of drug-likeness (QED) is 0.527. The SMILES string of the molecule is CC(=O)Nc1ccc(S(=O)(=O)Nc2ccc3c(c2)C(=O)c2ccccc2C3=O)cc1. The highest BCUT2D eigenvalue weighted by atomic mass is 32.2. The molecule has 7 nitrogen and oxygen atoms in total. The average Bonchev–Trinajstić information content (AvgIpc) is 2.72. The molecule has 0 aromatic heterocycles. The smallest absolute Gasteiger partial charge is 0.261 e. The molecule has 0 aliphatic heterocycles. The van der Waals surface area contributed by atoms with Crippen molar-refractivity contribution in [3.05, 3.63) is 89.0 Å². The molecule has 0 unspecified atom stereocenters. The van der Waals surface area contributed by atoms with Gasteiger partial charge in [-0.3, -0.25) is 19.1 Å². The third-order valence-electron chi connectivity index (χ3n) is 4.66. The van der Waals surface area contributed by atoms with Gasteiger partial charge in [0.2, 0.25) is 5.91 Å². The highest BCUT2D eigenvalue weighted by Crippen LogP contribution is 2.30. The van der Waals surface area contributed by atoms with Crippen LogP contribution in [0.3, 0.4) is 0 Å². The number of ketones is 2. The molecule has 1 aliphatic rings. The summed E-state index contributed by atoms with van der Waals surface area (Å²) >= 11 is 0. The summed E-state index contributed by atoms with van der Waals surface area (Å²) in [6.07, 6.45) is 0. The lowest BCUT2D eigenvalue weighted by Gasteiger charge is -2.18. The number of amides is 1. The number of sulfonamides is 1. The van der Waals surface area contributed by atoms with Gasteiger partial charge in [0, 0.05) is 40.6 Å². The topological polar surface area (TPSA) is 109 Å². The van der Waals surface area contributed by atoms with Crippen LogP contribution in [-0.2, 0) is 14.8 Å². The first-order valence-corrected chi connectivity index (χ1v) is 10.5. The summed E-state index contributed by atoms with van der Waals surface area (Å²) < 4.78 is 27.8. The molecule has 0 fully saturated rings. The summed E-state index contributed by atoms with van der Waals surface area (Å²) in [6.45, 7) is 1.35. The van der Waals surface area contributed by atoms with Gasteiger partial charge in [-0.15, -0.1) is 0 Å². The average molecular weight is 420 g/mol.